The molecule has 0 radical (unpaired) electrons. The van der Waals surface area contributed by atoms with Gasteiger partial charge in [0.1, 0.15) is 5.75 Å². The van der Waals surface area contributed by atoms with Gasteiger partial charge in [-0.3, -0.25) is 4.79 Å². The quantitative estimate of drug-likeness (QED) is 0.833. The molecule has 2 atom stereocenters. The molecule has 4 nitrogen and oxygen atoms in total. The molecule has 98 valence electrons. The summed E-state index contributed by atoms with van der Waals surface area (Å²) in [5.74, 6) is 0.288. The molecule has 2 unspecified atom stereocenters. The fourth-order valence-electron chi connectivity index (χ4n) is 2.14. The molecule has 0 saturated carbocycles. The topological polar surface area (TPSA) is 66.6 Å². The summed E-state index contributed by atoms with van der Waals surface area (Å²) in [5, 5.41) is 9.80. The Balaban J connectivity index is 2.16. The molecule has 1 aromatic rings. The van der Waals surface area contributed by atoms with Gasteiger partial charge in [0.25, 0.3) is 5.91 Å². The molecule has 1 aliphatic heterocycles. The Labute approximate surface area is 115 Å². The smallest absolute Gasteiger partial charge is 0.257 e. The van der Waals surface area contributed by atoms with Gasteiger partial charge in [-0.05, 0) is 30.5 Å². The van der Waals surface area contributed by atoms with Gasteiger partial charge in [-0.25, -0.2) is 0 Å². The highest BCUT2D eigenvalue weighted by atomic mass is 79.9. The molecule has 3 N–H and O–H groups in total. The zero-order valence-corrected chi connectivity index (χ0v) is 11.9. The number of amides is 1. The molecule has 1 amide bonds. The summed E-state index contributed by atoms with van der Waals surface area (Å²) in [7, 11) is 0. The Morgan fingerprint density at radius 3 is 2.89 bits per heavy atom. The Kier molecular flexibility index (Phi) is 3.92. The number of halogens is 1. The Hall–Kier alpha value is -1.07. The lowest BCUT2D eigenvalue weighted by Crippen LogP contribution is -2.49. The highest BCUT2D eigenvalue weighted by Crippen LogP contribution is 2.25. The number of piperidine rings is 1. The van der Waals surface area contributed by atoms with Crippen molar-refractivity contribution in [1.82, 2.24) is 4.90 Å². The normalized spacial score (nSPS) is 24.1. The maximum Gasteiger partial charge on any atom is 0.257 e. The predicted molar refractivity (Wildman–Crippen MR) is 73.5 cm³/mol. The second kappa shape index (κ2) is 5.28. The van der Waals surface area contributed by atoms with E-state index in [-0.39, 0.29) is 17.7 Å². The van der Waals surface area contributed by atoms with E-state index in [1.807, 2.05) is 0 Å². The maximum absolute atomic E-state index is 12.3. The van der Waals surface area contributed by atoms with E-state index in [0.717, 1.165) is 10.9 Å². The SMILES string of the molecule is CC1CCN(C(=O)c2ccc(Br)cc2O)CC1N. The van der Waals surface area contributed by atoms with Crippen LogP contribution >= 0.6 is 15.9 Å². The lowest BCUT2D eigenvalue weighted by Gasteiger charge is -2.35. The van der Waals surface area contributed by atoms with Crippen molar-refractivity contribution in [2.45, 2.75) is 19.4 Å². The van der Waals surface area contributed by atoms with Crippen LogP contribution in [0.2, 0.25) is 0 Å². The molecule has 2 rings (SSSR count). The third-order valence-corrected chi connectivity index (χ3v) is 3.99. The van der Waals surface area contributed by atoms with Gasteiger partial charge in [-0.1, -0.05) is 22.9 Å². The average molecular weight is 313 g/mol. The second-order valence-electron chi connectivity index (χ2n) is 4.84. The minimum atomic E-state index is -0.151. The van der Waals surface area contributed by atoms with Gasteiger partial charge in [0.2, 0.25) is 0 Å². The number of likely N-dealkylation sites (tertiary alicyclic amines) is 1. The van der Waals surface area contributed by atoms with Crippen LogP contribution in [0.3, 0.4) is 0 Å². The fraction of sp³-hybridized carbons (Fsp3) is 0.462. The van der Waals surface area contributed by atoms with Gasteiger partial charge in [-0.2, -0.15) is 0 Å². The number of benzene rings is 1. The second-order valence-corrected chi connectivity index (χ2v) is 5.76. The van der Waals surface area contributed by atoms with Gasteiger partial charge in [0.15, 0.2) is 0 Å². The fourth-order valence-corrected chi connectivity index (χ4v) is 2.49. The molecular weight excluding hydrogens is 296 g/mol. The molecule has 5 heteroatoms. The molecule has 1 aromatic carbocycles. The number of phenolic OH excluding ortho intramolecular Hbond substituents is 1. The van der Waals surface area contributed by atoms with Crippen molar-refractivity contribution in [3.8, 4) is 5.75 Å². The van der Waals surface area contributed by atoms with Crippen molar-refractivity contribution in [2.75, 3.05) is 13.1 Å². The van der Waals surface area contributed by atoms with Crippen LogP contribution < -0.4 is 5.73 Å². The first kappa shape index (κ1) is 13.4. The summed E-state index contributed by atoms with van der Waals surface area (Å²) >= 11 is 3.25. The predicted octanol–water partition coefficient (Wildman–Crippen LogP) is 1.96. The van der Waals surface area contributed by atoms with Gasteiger partial charge >= 0.3 is 0 Å². The van der Waals surface area contributed by atoms with Gasteiger partial charge in [0.05, 0.1) is 5.56 Å². The number of nitrogens with two attached hydrogens (primary N) is 1. The summed E-state index contributed by atoms with van der Waals surface area (Å²) in [5.41, 5.74) is 6.32. The Morgan fingerprint density at radius 2 is 2.28 bits per heavy atom. The van der Waals surface area contributed by atoms with Crippen molar-refractivity contribution in [2.24, 2.45) is 11.7 Å². The average Bonchev–Trinajstić information content (AvgIpc) is 2.32. The van der Waals surface area contributed by atoms with Gasteiger partial charge < -0.3 is 15.7 Å². The van der Waals surface area contributed by atoms with Crippen molar-refractivity contribution < 1.29 is 9.90 Å². The van der Waals surface area contributed by atoms with Crippen LogP contribution in [0.5, 0.6) is 5.75 Å². The third-order valence-electron chi connectivity index (χ3n) is 3.49. The zero-order chi connectivity index (χ0) is 13.3. The van der Waals surface area contributed by atoms with E-state index in [4.69, 9.17) is 5.73 Å². The number of nitrogens with zero attached hydrogens (tertiary/aromatic N) is 1. The first-order chi connectivity index (χ1) is 8.49. The van der Waals surface area contributed by atoms with Crippen LogP contribution in [0.4, 0.5) is 0 Å². The van der Waals surface area contributed by atoms with Crippen LogP contribution in [0, 0.1) is 5.92 Å². The van der Waals surface area contributed by atoms with Crippen LogP contribution in [0.15, 0.2) is 22.7 Å². The number of phenols is 1. The molecular formula is C13H17BrN2O2. The zero-order valence-electron chi connectivity index (χ0n) is 10.3. The highest BCUT2D eigenvalue weighted by molar-refractivity contribution is 9.10. The molecule has 0 aliphatic carbocycles. The molecule has 18 heavy (non-hydrogen) atoms. The van der Waals surface area contributed by atoms with E-state index < -0.39 is 0 Å². The van der Waals surface area contributed by atoms with Crippen LogP contribution in [-0.2, 0) is 0 Å². The van der Waals surface area contributed by atoms with E-state index in [1.54, 1.807) is 17.0 Å². The monoisotopic (exact) mass is 312 g/mol. The van der Waals surface area contributed by atoms with E-state index >= 15 is 0 Å². The lowest BCUT2D eigenvalue weighted by molar-refractivity contribution is 0.0669. The highest BCUT2D eigenvalue weighted by Gasteiger charge is 2.27. The first-order valence-electron chi connectivity index (χ1n) is 6.02. The van der Waals surface area contributed by atoms with E-state index in [0.29, 0.717) is 24.6 Å². The Bertz CT molecular complexity index is 464. The minimum absolute atomic E-state index is 0.00145. The largest absolute Gasteiger partial charge is 0.507 e. The summed E-state index contributed by atoms with van der Waals surface area (Å²) < 4.78 is 0.750. The molecule has 0 aromatic heterocycles. The van der Waals surface area contributed by atoms with Gasteiger partial charge in [0, 0.05) is 23.6 Å². The van der Waals surface area contributed by atoms with Crippen LogP contribution in [-0.4, -0.2) is 35.0 Å². The molecule has 1 aliphatic rings. The maximum atomic E-state index is 12.3. The lowest BCUT2D eigenvalue weighted by atomic mass is 9.94. The summed E-state index contributed by atoms with van der Waals surface area (Å²) in [4.78, 5) is 14.0. The number of hydrogen-bond donors (Lipinski definition) is 2. The van der Waals surface area contributed by atoms with Crippen molar-refractivity contribution in [3.63, 3.8) is 0 Å². The number of carbonyl (C=O) groups excluding carboxylic acids is 1. The van der Waals surface area contributed by atoms with Crippen LogP contribution in [0.25, 0.3) is 0 Å². The van der Waals surface area contributed by atoms with Gasteiger partial charge in [-0.15, -0.1) is 0 Å². The Morgan fingerprint density at radius 1 is 1.56 bits per heavy atom. The number of hydrogen-bond acceptors (Lipinski definition) is 3. The molecule has 0 spiro atoms. The van der Waals surface area contributed by atoms with Crippen molar-refractivity contribution in [1.29, 1.82) is 0 Å². The van der Waals surface area contributed by atoms with Crippen molar-refractivity contribution >= 4 is 21.8 Å². The standard InChI is InChI=1S/C13H17BrN2O2/c1-8-4-5-16(7-11(8)15)13(18)10-3-2-9(14)6-12(10)17/h2-3,6,8,11,17H,4-5,7,15H2,1H3. The summed E-state index contributed by atoms with van der Waals surface area (Å²) in [6.07, 6.45) is 0.907. The minimum Gasteiger partial charge on any atom is -0.507 e. The molecule has 1 fully saturated rings. The van der Waals surface area contributed by atoms with Crippen LogP contribution in [0.1, 0.15) is 23.7 Å². The summed E-state index contributed by atoms with van der Waals surface area (Å²) in [6, 6.07) is 4.92. The number of carbonyl (C=O) groups is 1. The van der Waals surface area contributed by atoms with E-state index in [9.17, 15) is 9.90 Å². The molecule has 1 saturated heterocycles. The summed E-state index contributed by atoms with van der Waals surface area (Å²) in [6.45, 7) is 3.35. The van der Waals surface area contributed by atoms with Crippen molar-refractivity contribution in [3.05, 3.63) is 28.2 Å². The first-order valence-corrected chi connectivity index (χ1v) is 6.81. The third kappa shape index (κ3) is 2.67. The number of rotatable bonds is 1. The number of aromatic hydroxyl groups is 1. The molecule has 1 heterocycles. The molecule has 0 bridgehead atoms. The van der Waals surface area contributed by atoms with E-state index in [1.165, 1.54) is 6.07 Å². The van der Waals surface area contributed by atoms with E-state index in [2.05, 4.69) is 22.9 Å².